The van der Waals surface area contributed by atoms with Gasteiger partial charge in [-0.1, -0.05) is 18.9 Å². The highest BCUT2D eigenvalue weighted by Gasteiger charge is 2.37. The van der Waals surface area contributed by atoms with Gasteiger partial charge in [0.05, 0.1) is 0 Å². The number of hydrogen-bond donors (Lipinski definition) is 1. The predicted molar refractivity (Wildman–Crippen MR) is 84.6 cm³/mol. The molecule has 0 radical (unpaired) electrons. The molecule has 2 nitrogen and oxygen atoms in total. The molecule has 0 amide bonds. The number of benzene rings is 1. The molecule has 0 bridgehead atoms. The first-order chi connectivity index (χ1) is 10.2. The first-order valence-electron chi connectivity index (χ1n) is 8.42. The van der Waals surface area contributed by atoms with Gasteiger partial charge >= 0.3 is 0 Å². The van der Waals surface area contributed by atoms with Crippen LogP contribution in [-0.2, 0) is 0 Å². The molecule has 2 unspecified atom stereocenters. The van der Waals surface area contributed by atoms with Crippen molar-refractivity contribution in [2.24, 2.45) is 11.7 Å². The average molecular weight is 290 g/mol. The Morgan fingerprint density at radius 1 is 1.24 bits per heavy atom. The lowest BCUT2D eigenvalue weighted by Gasteiger charge is -2.36. The maximum atomic E-state index is 13.4. The van der Waals surface area contributed by atoms with Crippen LogP contribution < -0.4 is 5.73 Å². The number of aryl methyl sites for hydroxylation is 1. The van der Waals surface area contributed by atoms with E-state index in [0.29, 0.717) is 12.6 Å². The zero-order valence-electron chi connectivity index (χ0n) is 13.0. The van der Waals surface area contributed by atoms with Crippen molar-refractivity contribution in [2.45, 2.75) is 57.5 Å². The maximum Gasteiger partial charge on any atom is 0.123 e. The van der Waals surface area contributed by atoms with E-state index in [9.17, 15) is 4.39 Å². The number of likely N-dealkylation sites (tertiary alicyclic amines) is 1. The highest BCUT2D eigenvalue weighted by atomic mass is 19.1. The third-order valence-corrected chi connectivity index (χ3v) is 5.50. The molecule has 2 aliphatic rings. The Morgan fingerprint density at radius 3 is 2.67 bits per heavy atom. The fourth-order valence-electron chi connectivity index (χ4n) is 4.50. The highest BCUT2D eigenvalue weighted by Crippen LogP contribution is 2.39. The maximum absolute atomic E-state index is 13.4. The van der Waals surface area contributed by atoms with E-state index in [1.807, 2.05) is 13.0 Å². The van der Waals surface area contributed by atoms with Crippen molar-refractivity contribution in [1.82, 2.24) is 4.90 Å². The molecule has 2 N–H and O–H groups in total. The molecule has 1 aromatic rings. The quantitative estimate of drug-likeness (QED) is 0.914. The van der Waals surface area contributed by atoms with Crippen LogP contribution in [-0.4, -0.2) is 24.0 Å². The minimum Gasteiger partial charge on any atom is -0.329 e. The number of halogens is 1. The van der Waals surface area contributed by atoms with Crippen LogP contribution in [0.3, 0.4) is 0 Å². The van der Waals surface area contributed by atoms with Crippen LogP contribution in [0.25, 0.3) is 0 Å². The molecule has 1 heterocycles. The summed E-state index contributed by atoms with van der Waals surface area (Å²) in [6.07, 6.45) is 8.11. The van der Waals surface area contributed by atoms with E-state index < -0.39 is 0 Å². The molecule has 1 saturated heterocycles. The van der Waals surface area contributed by atoms with E-state index in [1.54, 1.807) is 12.1 Å². The molecular weight excluding hydrogens is 263 g/mol. The van der Waals surface area contributed by atoms with Crippen molar-refractivity contribution in [3.63, 3.8) is 0 Å². The Morgan fingerprint density at radius 2 is 2.00 bits per heavy atom. The van der Waals surface area contributed by atoms with Crippen molar-refractivity contribution in [3.05, 3.63) is 35.1 Å². The van der Waals surface area contributed by atoms with E-state index in [0.717, 1.165) is 18.0 Å². The van der Waals surface area contributed by atoms with Crippen LogP contribution in [0.2, 0.25) is 0 Å². The van der Waals surface area contributed by atoms with E-state index >= 15 is 0 Å². The van der Waals surface area contributed by atoms with Gasteiger partial charge in [0.1, 0.15) is 5.82 Å². The fourth-order valence-corrected chi connectivity index (χ4v) is 4.50. The Labute approximate surface area is 127 Å². The zero-order chi connectivity index (χ0) is 14.8. The Hall–Kier alpha value is -0.930. The third-order valence-electron chi connectivity index (χ3n) is 5.50. The van der Waals surface area contributed by atoms with Gasteiger partial charge in [-0.05, 0) is 68.3 Å². The number of nitrogens with two attached hydrogens (primary N) is 1. The molecule has 0 spiro atoms. The Balaban J connectivity index is 1.84. The number of nitrogens with zero attached hydrogens (tertiary/aromatic N) is 1. The minimum absolute atomic E-state index is 0.152. The Kier molecular flexibility index (Phi) is 4.60. The summed E-state index contributed by atoms with van der Waals surface area (Å²) >= 11 is 0. The molecule has 1 aromatic carbocycles. The average Bonchev–Trinajstić information content (AvgIpc) is 3.12. The second-order valence-electron chi connectivity index (χ2n) is 6.74. The number of rotatable bonds is 4. The lowest BCUT2D eigenvalue weighted by atomic mass is 9.93. The minimum atomic E-state index is -0.152. The van der Waals surface area contributed by atoms with Crippen LogP contribution in [0.15, 0.2) is 18.2 Å². The largest absolute Gasteiger partial charge is 0.329 e. The molecule has 2 atom stereocenters. The van der Waals surface area contributed by atoms with Gasteiger partial charge in [-0.25, -0.2) is 4.39 Å². The molecule has 1 aliphatic carbocycles. The van der Waals surface area contributed by atoms with Crippen LogP contribution in [0, 0.1) is 18.7 Å². The zero-order valence-corrected chi connectivity index (χ0v) is 13.0. The molecule has 0 aromatic heterocycles. The molecule has 1 saturated carbocycles. The first-order valence-corrected chi connectivity index (χ1v) is 8.42. The summed E-state index contributed by atoms with van der Waals surface area (Å²) < 4.78 is 13.4. The smallest absolute Gasteiger partial charge is 0.123 e. The second kappa shape index (κ2) is 6.45. The Bertz CT molecular complexity index is 482. The van der Waals surface area contributed by atoms with E-state index in [2.05, 4.69) is 4.90 Å². The second-order valence-corrected chi connectivity index (χ2v) is 6.74. The van der Waals surface area contributed by atoms with E-state index in [-0.39, 0.29) is 11.9 Å². The van der Waals surface area contributed by atoms with Crippen molar-refractivity contribution < 1.29 is 4.39 Å². The van der Waals surface area contributed by atoms with Crippen molar-refractivity contribution in [3.8, 4) is 0 Å². The molecule has 116 valence electrons. The monoisotopic (exact) mass is 290 g/mol. The van der Waals surface area contributed by atoms with Crippen molar-refractivity contribution >= 4 is 0 Å². The highest BCUT2D eigenvalue weighted by molar-refractivity contribution is 5.30. The summed E-state index contributed by atoms with van der Waals surface area (Å²) in [5.74, 6) is 0.697. The van der Waals surface area contributed by atoms with Gasteiger partial charge in [0, 0.05) is 18.6 Å². The van der Waals surface area contributed by atoms with Crippen molar-refractivity contribution in [2.75, 3.05) is 13.1 Å². The van der Waals surface area contributed by atoms with Crippen LogP contribution in [0.1, 0.15) is 55.7 Å². The first kappa shape index (κ1) is 15.0. The van der Waals surface area contributed by atoms with Gasteiger partial charge in [0.2, 0.25) is 0 Å². The molecule has 21 heavy (non-hydrogen) atoms. The third kappa shape index (κ3) is 3.00. The van der Waals surface area contributed by atoms with Gasteiger partial charge in [-0.3, -0.25) is 4.90 Å². The summed E-state index contributed by atoms with van der Waals surface area (Å²) in [6, 6.07) is 6.08. The van der Waals surface area contributed by atoms with Gasteiger partial charge < -0.3 is 5.73 Å². The fraction of sp³-hybridized carbons (Fsp3) is 0.667. The number of hydrogen-bond acceptors (Lipinski definition) is 2. The summed E-state index contributed by atoms with van der Waals surface area (Å²) in [5, 5.41) is 0. The summed E-state index contributed by atoms with van der Waals surface area (Å²) in [7, 11) is 0. The van der Waals surface area contributed by atoms with Crippen molar-refractivity contribution in [1.29, 1.82) is 0 Å². The van der Waals surface area contributed by atoms with Gasteiger partial charge in [0.15, 0.2) is 0 Å². The normalized spacial score (nSPS) is 25.6. The van der Waals surface area contributed by atoms with Crippen LogP contribution >= 0.6 is 0 Å². The van der Waals surface area contributed by atoms with Crippen LogP contribution in [0.5, 0.6) is 0 Å². The summed E-state index contributed by atoms with van der Waals surface area (Å²) in [4.78, 5) is 2.62. The predicted octanol–water partition coefficient (Wildman–Crippen LogP) is 3.79. The molecule has 3 heteroatoms. The lowest BCUT2D eigenvalue weighted by Crippen LogP contribution is -2.41. The summed E-state index contributed by atoms with van der Waals surface area (Å²) in [5.41, 5.74) is 8.36. The topological polar surface area (TPSA) is 29.3 Å². The van der Waals surface area contributed by atoms with Crippen LogP contribution in [0.4, 0.5) is 4.39 Å². The SMILES string of the molecule is Cc1cc(F)ccc1C(CN)N1CCCC1C1CCCC1. The summed E-state index contributed by atoms with van der Waals surface area (Å²) in [6.45, 7) is 3.76. The van der Waals surface area contributed by atoms with Gasteiger partial charge in [-0.2, -0.15) is 0 Å². The van der Waals surface area contributed by atoms with E-state index in [4.69, 9.17) is 5.73 Å². The molecular formula is C18H27FN2. The molecule has 2 fully saturated rings. The molecule has 1 aliphatic heterocycles. The van der Waals surface area contributed by atoms with Gasteiger partial charge in [-0.15, -0.1) is 0 Å². The van der Waals surface area contributed by atoms with E-state index in [1.165, 1.54) is 44.1 Å². The lowest BCUT2D eigenvalue weighted by molar-refractivity contribution is 0.137. The standard InChI is InChI=1S/C18H27FN2/c1-13-11-15(19)8-9-16(13)18(12-20)21-10-4-7-17(21)14-5-2-3-6-14/h8-9,11,14,17-18H,2-7,10,12,20H2,1H3. The van der Waals surface area contributed by atoms with Gasteiger partial charge in [0.25, 0.3) is 0 Å². The molecule has 3 rings (SSSR count).